The maximum absolute atomic E-state index is 5.94. The van der Waals surface area contributed by atoms with E-state index in [-0.39, 0.29) is 0 Å². The number of hydrogen-bond acceptors (Lipinski definition) is 1. The minimum atomic E-state index is 0.662. The molecular weight excluding hydrogens is 196 g/mol. The van der Waals surface area contributed by atoms with E-state index in [0.29, 0.717) is 5.02 Å². The largest absolute Gasteiger partial charge is 0.360 e. The van der Waals surface area contributed by atoms with E-state index in [1.54, 1.807) is 6.21 Å². The maximum Gasteiger partial charge on any atom is 0.0816 e. The summed E-state index contributed by atoms with van der Waals surface area (Å²) in [5.41, 5.74) is 1.74. The topological polar surface area (TPSA) is 28.1 Å². The van der Waals surface area contributed by atoms with Crippen LogP contribution in [0.2, 0.25) is 5.02 Å². The lowest BCUT2D eigenvalue weighted by Crippen LogP contribution is -1.78. The fourth-order valence-electron chi connectivity index (χ4n) is 1.12. The molecule has 0 saturated carbocycles. The third kappa shape index (κ3) is 2.03. The van der Waals surface area contributed by atoms with Crippen LogP contribution in [0.15, 0.2) is 47.6 Å². The minimum Gasteiger partial charge on any atom is -0.360 e. The fourth-order valence-corrected chi connectivity index (χ4v) is 1.30. The molecule has 0 saturated heterocycles. The van der Waals surface area contributed by atoms with Gasteiger partial charge >= 0.3 is 0 Å². The van der Waals surface area contributed by atoms with E-state index >= 15 is 0 Å². The zero-order valence-electron chi connectivity index (χ0n) is 7.44. The lowest BCUT2D eigenvalue weighted by Gasteiger charge is -1.94. The number of nitrogens with zero attached hydrogens (tertiary/aromatic N) is 1. The Bertz CT molecular complexity index is 432. The van der Waals surface area contributed by atoms with Crippen LogP contribution in [0.5, 0.6) is 0 Å². The van der Waals surface area contributed by atoms with Crippen molar-refractivity contribution in [1.29, 1.82) is 0 Å². The number of aromatic amines is 1. The first kappa shape index (κ1) is 9.03. The van der Waals surface area contributed by atoms with Gasteiger partial charge in [0.2, 0.25) is 0 Å². The van der Waals surface area contributed by atoms with Gasteiger partial charge in [0.1, 0.15) is 0 Å². The molecule has 2 nitrogen and oxygen atoms in total. The lowest BCUT2D eigenvalue weighted by atomic mass is 10.3. The van der Waals surface area contributed by atoms with Gasteiger partial charge in [0.05, 0.1) is 22.6 Å². The molecule has 0 atom stereocenters. The Hall–Kier alpha value is -1.54. The van der Waals surface area contributed by atoms with Crippen LogP contribution >= 0.6 is 11.6 Å². The number of benzene rings is 1. The van der Waals surface area contributed by atoms with Crippen LogP contribution in [0.4, 0.5) is 5.69 Å². The molecule has 70 valence electrons. The second-order valence-electron chi connectivity index (χ2n) is 2.84. The fraction of sp³-hybridized carbons (Fsp3) is 0. The highest BCUT2D eigenvalue weighted by molar-refractivity contribution is 6.33. The Balaban J connectivity index is 2.23. The van der Waals surface area contributed by atoms with Gasteiger partial charge in [0, 0.05) is 6.20 Å². The molecule has 1 aromatic carbocycles. The Kier molecular flexibility index (Phi) is 2.65. The third-order valence-electron chi connectivity index (χ3n) is 1.82. The zero-order chi connectivity index (χ0) is 9.80. The summed E-state index contributed by atoms with van der Waals surface area (Å²) in [7, 11) is 0. The molecule has 1 N–H and O–H groups in total. The summed E-state index contributed by atoms with van der Waals surface area (Å²) >= 11 is 5.94. The predicted octanol–water partition coefficient (Wildman–Crippen LogP) is 3.42. The van der Waals surface area contributed by atoms with Crippen molar-refractivity contribution in [2.75, 3.05) is 0 Å². The minimum absolute atomic E-state index is 0.662. The average molecular weight is 205 g/mol. The van der Waals surface area contributed by atoms with Crippen molar-refractivity contribution in [2.45, 2.75) is 0 Å². The average Bonchev–Trinajstić information content (AvgIpc) is 2.69. The van der Waals surface area contributed by atoms with Crippen molar-refractivity contribution in [3.8, 4) is 0 Å². The number of hydrogen-bond donors (Lipinski definition) is 1. The van der Waals surface area contributed by atoms with Gasteiger partial charge in [-0.3, -0.25) is 4.99 Å². The molecule has 0 amide bonds. The summed E-state index contributed by atoms with van der Waals surface area (Å²) in [4.78, 5) is 7.29. The lowest BCUT2D eigenvalue weighted by molar-refractivity contribution is 1.38. The molecule has 0 bridgehead atoms. The second-order valence-corrected chi connectivity index (χ2v) is 3.24. The Labute approximate surface area is 87.3 Å². The number of aromatic nitrogens is 1. The monoisotopic (exact) mass is 204 g/mol. The third-order valence-corrected chi connectivity index (χ3v) is 2.14. The van der Waals surface area contributed by atoms with Gasteiger partial charge in [0.25, 0.3) is 0 Å². The standard InChI is InChI=1S/C11H9ClN2/c12-10-5-1-2-6-11(10)14-8-9-4-3-7-13-9/h1-8,13H. The van der Waals surface area contributed by atoms with Crippen molar-refractivity contribution in [3.05, 3.63) is 53.3 Å². The van der Waals surface area contributed by atoms with Gasteiger partial charge in [-0.25, -0.2) is 0 Å². The molecule has 0 aliphatic carbocycles. The van der Waals surface area contributed by atoms with Gasteiger partial charge in [-0.15, -0.1) is 0 Å². The Morgan fingerprint density at radius 1 is 1.14 bits per heavy atom. The summed E-state index contributed by atoms with van der Waals surface area (Å²) in [6.07, 6.45) is 3.61. The molecule has 1 aromatic heterocycles. The van der Waals surface area contributed by atoms with Crippen molar-refractivity contribution in [1.82, 2.24) is 4.98 Å². The summed E-state index contributed by atoms with van der Waals surface area (Å²) in [6.45, 7) is 0. The number of aliphatic imine (C=N–C) groups is 1. The van der Waals surface area contributed by atoms with E-state index in [4.69, 9.17) is 11.6 Å². The molecule has 0 spiro atoms. The van der Waals surface area contributed by atoms with Crippen molar-refractivity contribution in [3.63, 3.8) is 0 Å². The first-order valence-electron chi connectivity index (χ1n) is 4.28. The molecule has 2 rings (SSSR count). The molecule has 0 aliphatic heterocycles. The van der Waals surface area contributed by atoms with Crippen molar-refractivity contribution in [2.24, 2.45) is 4.99 Å². The normalized spacial score (nSPS) is 10.9. The van der Waals surface area contributed by atoms with Crippen molar-refractivity contribution < 1.29 is 0 Å². The first-order chi connectivity index (χ1) is 6.86. The highest BCUT2D eigenvalue weighted by Crippen LogP contribution is 2.23. The smallest absolute Gasteiger partial charge is 0.0816 e. The Morgan fingerprint density at radius 2 is 2.00 bits per heavy atom. The van der Waals surface area contributed by atoms with Gasteiger partial charge in [-0.05, 0) is 24.3 Å². The number of rotatable bonds is 2. The van der Waals surface area contributed by atoms with Crippen LogP contribution in [0.1, 0.15) is 5.69 Å². The quantitative estimate of drug-likeness (QED) is 0.727. The van der Waals surface area contributed by atoms with E-state index in [2.05, 4.69) is 9.98 Å². The van der Waals surface area contributed by atoms with Crippen LogP contribution in [-0.4, -0.2) is 11.2 Å². The van der Waals surface area contributed by atoms with E-state index in [0.717, 1.165) is 11.4 Å². The number of H-pyrrole nitrogens is 1. The molecule has 0 aliphatic rings. The van der Waals surface area contributed by atoms with Crippen LogP contribution in [0, 0.1) is 0 Å². The van der Waals surface area contributed by atoms with E-state index in [9.17, 15) is 0 Å². The van der Waals surface area contributed by atoms with Gasteiger partial charge in [-0.2, -0.15) is 0 Å². The summed E-state index contributed by atoms with van der Waals surface area (Å²) in [5, 5.41) is 0.662. The number of nitrogens with one attached hydrogen (secondary N) is 1. The van der Waals surface area contributed by atoms with Gasteiger partial charge < -0.3 is 4.98 Å². The summed E-state index contributed by atoms with van der Waals surface area (Å²) in [5.74, 6) is 0. The number of halogens is 1. The molecule has 0 fully saturated rings. The highest BCUT2D eigenvalue weighted by Gasteiger charge is 1.94. The highest BCUT2D eigenvalue weighted by atomic mass is 35.5. The molecule has 14 heavy (non-hydrogen) atoms. The molecule has 0 unspecified atom stereocenters. The van der Waals surface area contributed by atoms with Crippen LogP contribution in [0.3, 0.4) is 0 Å². The molecular formula is C11H9ClN2. The molecule has 2 aromatic rings. The van der Waals surface area contributed by atoms with E-state index in [1.165, 1.54) is 0 Å². The molecule has 0 radical (unpaired) electrons. The van der Waals surface area contributed by atoms with Crippen molar-refractivity contribution >= 4 is 23.5 Å². The van der Waals surface area contributed by atoms with Gasteiger partial charge in [-0.1, -0.05) is 23.7 Å². The SMILES string of the molecule is Clc1ccccc1N=Cc1ccc[nH]1. The van der Waals surface area contributed by atoms with E-state index < -0.39 is 0 Å². The molecule has 1 heterocycles. The van der Waals surface area contributed by atoms with E-state index in [1.807, 2.05) is 42.6 Å². The zero-order valence-corrected chi connectivity index (χ0v) is 8.20. The number of para-hydroxylation sites is 1. The molecule has 3 heteroatoms. The van der Waals surface area contributed by atoms with Crippen LogP contribution in [0.25, 0.3) is 0 Å². The Morgan fingerprint density at radius 3 is 2.71 bits per heavy atom. The summed E-state index contributed by atoms with van der Waals surface area (Å²) < 4.78 is 0. The maximum atomic E-state index is 5.94. The first-order valence-corrected chi connectivity index (χ1v) is 4.66. The van der Waals surface area contributed by atoms with Crippen LogP contribution < -0.4 is 0 Å². The summed E-state index contributed by atoms with van der Waals surface area (Å²) in [6, 6.07) is 11.4. The second kappa shape index (κ2) is 4.11. The predicted molar refractivity (Wildman–Crippen MR) is 59.5 cm³/mol. The van der Waals surface area contributed by atoms with Gasteiger partial charge in [0.15, 0.2) is 0 Å². The van der Waals surface area contributed by atoms with Crippen LogP contribution in [-0.2, 0) is 0 Å².